The number of benzene rings is 2. The molecule has 1 aromatic heterocycles. The number of hydrogen-bond acceptors (Lipinski definition) is 3. The van der Waals surface area contributed by atoms with E-state index < -0.39 is 0 Å². The maximum absolute atomic E-state index is 11.9. The number of hydrogen-bond donors (Lipinski definition) is 1. The van der Waals surface area contributed by atoms with Crippen LogP contribution in [0, 0.1) is 3.57 Å². The normalized spacial score (nSPS) is 10.8. The molecule has 1 amide bonds. The molecule has 2 aromatic carbocycles. The van der Waals surface area contributed by atoms with Crippen molar-refractivity contribution in [3.05, 3.63) is 75.2 Å². The van der Waals surface area contributed by atoms with Crippen LogP contribution in [0.3, 0.4) is 0 Å². The lowest BCUT2D eigenvalue weighted by molar-refractivity contribution is -0.111. The Morgan fingerprint density at radius 2 is 1.83 bits per heavy atom. The first kappa shape index (κ1) is 15.9. The summed E-state index contributed by atoms with van der Waals surface area (Å²) in [5.74, 6) is -0.183. The van der Waals surface area contributed by atoms with Gasteiger partial charge in [-0.25, -0.2) is 4.98 Å². The lowest BCUT2D eigenvalue weighted by atomic mass is 10.2. The summed E-state index contributed by atoms with van der Waals surface area (Å²) in [6.07, 6.45) is 3.30. The number of anilines is 1. The number of aromatic nitrogens is 1. The lowest BCUT2D eigenvalue weighted by Gasteiger charge is -1.98. The molecular formula is C18H13IN2OS. The van der Waals surface area contributed by atoms with Crippen LogP contribution in [0.1, 0.15) is 5.56 Å². The van der Waals surface area contributed by atoms with E-state index in [2.05, 4.69) is 32.9 Å². The highest BCUT2D eigenvalue weighted by Crippen LogP contribution is 2.25. The molecule has 0 saturated carbocycles. The largest absolute Gasteiger partial charge is 0.298 e. The van der Waals surface area contributed by atoms with Gasteiger partial charge in [-0.2, -0.15) is 0 Å². The smallest absolute Gasteiger partial charge is 0.250 e. The first-order valence-electron chi connectivity index (χ1n) is 6.96. The number of rotatable bonds is 4. The van der Waals surface area contributed by atoms with Crippen LogP contribution in [0.25, 0.3) is 17.3 Å². The molecule has 23 heavy (non-hydrogen) atoms. The summed E-state index contributed by atoms with van der Waals surface area (Å²) >= 11 is 3.69. The third-order valence-electron chi connectivity index (χ3n) is 3.10. The predicted octanol–water partition coefficient (Wildman–Crippen LogP) is 5.07. The molecular weight excluding hydrogens is 419 g/mol. The van der Waals surface area contributed by atoms with Gasteiger partial charge in [0.1, 0.15) is 0 Å². The van der Waals surface area contributed by atoms with Crippen LogP contribution >= 0.6 is 33.9 Å². The second-order valence-corrected chi connectivity index (χ2v) is 6.88. The van der Waals surface area contributed by atoms with Gasteiger partial charge in [0.05, 0.1) is 5.69 Å². The summed E-state index contributed by atoms with van der Waals surface area (Å²) in [7, 11) is 0. The Bertz CT molecular complexity index is 826. The third kappa shape index (κ3) is 4.49. The standard InChI is InChI=1S/C18H13IN2OS/c19-15-9-7-14(8-10-15)16-12-23-18(20-16)21-17(22)11-6-13-4-2-1-3-5-13/h1-12H,(H,20,21,22). The molecule has 0 bridgehead atoms. The molecule has 0 saturated heterocycles. The predicted molar refractivity (Wildman–Crippen MR) is 104 cm³/mol. The van der Waals surface area contributed by atoms with E-state index in [1.807, 2.05) is 60.0 Å². The minimum Gasteiger partial charge on any atom is -0.298 e. The molecule has 0 atom stereocenters. The first-order valence-corrected chi connectivity index (χ1v) is 8.92. The third-order valence-corrected chi connectivity index (χ3v) is 4.58. The molecule has 0 spiro atoms. The van der Waals surface area contributed by atoms with Crippen LogP contribution in [0.15, 0.2) is 66.1 Å². The van der Waals surface area contributed by atoms with Crippen molar-refractivity contribution < 1.29 is 4.79 Å². The summed E-state index contributed by atoms with van der Waals surface area (Å²) in [4.78, 5) is 16.4. The van der Waals surface area contributed by atoms with Crippen molar-refractivity contribution in [2.75, 3.05) is 5.32 Å². The van der Waals surface area contributed by atoms with E-state index >= 15 is 0 Å². The van der Waals surface area contributed by atoms with Gasteiger partial charge in [0.2, 0.25) is 5.91 Å². The molecule has 0 unspecified atom stereocenters. The van der Waals surface area contributed by atoms with Crippen molar-refractivity contribution >= 4 is 51.0 Å². The van der Waals surface area contributed by atoms with Crippen molar-refractivity contribution in [1.29, 1.82) is 0 Å². The van der Waals surface area contributed by atoms with Crippen molar-refractivity contribution in [2.24, 2.45) is 0 Å². The summed E-state index contributed by atoms with van der Waals surface area (Å²) in [6, 6.07) is 17.8. The van der Waals surface area contributed by atoms with Gasteiger partial charge in [-0.1, -0.05) is 42.5 Å². The summed E-state index contributed by atoms with van der Waals surface area (Å²) in [5, 5.41) is 5.34. The Kier molecular flexibility index (Phi) is 5.19. The van der Waals surface area contributed by atoms with E-state index in [0.29, 0.717) is 5.13 Å². The van der Waals surface area contributed by atoms with Crippen LogP contribution in [-0.4, -0.2) is 10.9 Å². The Hall–Kier alpha value is -1.99. The minimum absolute atomic E-state index is 0.183. The molecule has 0 fully saturated rings. The monoisotopic (exact) mass is 432 g/mol. The van der Waals surface area contributed by atoms with Crippen molar-refractivity contribution in [3.63, 3.8) is 0 Å². The average Bonchev–Trinajstić information content (AvgIpc) is 3.03. The fourth-order valence-electron chi connectivity index (χ4n) is 1.97. The highest BCUT2D eigenvalue weighted by atomic mass is 127. The maximum atomic E-state index is 11.9. The van der Waals surface area contributed by atoms with E-state index in [-0.39, 0.29) is 5.91 Å². The van der Waals surface area contributed by atoms with Gasteiger partial charge in [-0.3, -0.25) is 10.1 Å². The molecule has 0 aliphatic carbocycles. The topological polar surface area (TPSA) is 42.0 Å². The van der Waals surface area contributed by atoms with Crippen molar-refractivity contribution in [3.8, 4) is 11.3 Å². The van der Waals surface area contributed by atoms with Gasteiger partial charge >= 0.3 is 0 Å². The van der Waals surface area contributed by atoms with E-state index in [4.69, 9.17) is 0 Å². The Morgan fingerprint density at radius 1 is 1.09 bits per heavy atom. The van der Waals surface area contributed by atoms with Crippen molar-refractivity contribution in [2.45, 2.75) is 0 Å². The highest BCUT2D eigenvalue weighted by molar-refractivity contribution is 14.1. The SMILES string of the molecule is O=C(C=Cc1ccccc1)Nc1nc(-c2ccc(I)cc2)cs1. The van der Waals surface area contributed by atoms with E-state index in [9.17, 15) is 4.79 Å². The molecule has 1 heterocycles. The fourth-order valence-corrected chi connectivity index (χ4v) is 3.05. The molecule has 0 radical (unpaired) electrons. The number of amides is 1. The zero-order valence-corrected chi connectivity index (χ0v) is 15.0. The van der Waals surface area contributed by atoms with Gasteiger partial charge in [-0.15, -0.1) is 11.3 Å². The Morgan fingerprint density at radius 3 is 2.57 bits per heavy atom. The van der Waals surface area contributed by atoms with Crippen LogP contribution in [0.5, 0.6) is 0 Å². The molecule has 3 aromatic rings. The number of nitrogens with one attached hydrogen (secondary N) is 1. The Balaban J connectivity index is 1.66. The summed E-state index contributed by atoms with van der Waals surface area (Å²) < 4.78 is 1.18. The van der Waals surface area contributed by atoms with E-state index in [0.717, 1.165) is 16.8 Å². The average molecular weight is 432 g/mol. The van der Waals surface area contributed by atoms with Gasteiger partial charge in [-0.05, 0) is 46.4 Å². The molecule has 1 N–H and O–H groups in total. The van der Waals surface area contributed by atoms with Gasteiger partial charge in [0, 0.05) is 20.6 Å². The first-order chi connectivity index (χ1) is 11.2. The maximum Gasteiger partial charge on any atom is 0.250 e. The van der Waals surface area contributed by atoms with Crippen LogP contribution < -0.4 is 5.32 Å². The summed E-state index contributed by atoms with van der Waals surface area (Å²) in [6.45, 7) is 0. The second kappa shape index (κ2) is 7.52. The van der Waals surface area contributed by atoms with Gasteiger partial charge in [0.15, 0.2) is 5.13 Å². The Labute approximate surface area is 152 Å². The van der Waals surface area contributed by atoms with Gasteiger partial charge in [0.25, 0.3) is 0 Å². The van der Waals surface area contributed by atoms with E-state index in [1.54, 1.807) is 6.08 Å². The quantitative estimate of drug-likeness (QED) is 0.462. The van der Waals surface area contributed by atoms with Gasteiger partial charge < -0.3 is 0 Å². The van der Waals surface area contributed by atoms with Crippen LogP contribution in [-0.2, 0) is 4.79 Å². The highest BCUT2D eigenvalue weighted by Gasteiger charge is 2.06. The number of nitrogens with zero attached hydrogens (tertiary/aromatic N) is 1. The number of carbonyl (C=O) groups excluding carboxylic acids is 1. The zero-order valence-electron chi connectivity index (χ0n) is 12.1. The molecule has 3 rings (SSSR count). The lowest BCUT2D eigenvalue weighted by Crippen LogP contribution is -2.07. The summed E-state index contributed by atoms with van der Waals surface area (Å²) in [5.41, 5.74) is 2.90. The second-order valence-electron chi connectivity index (χ2n) is 4.78. The van der Waals surface area contributed by atoms with Crippen LogP contribution in [0.2, 0.25) is 0 Å². The van der Waals surface area contributed by atoms with Crippen molar-refractivity contribution in [1.82, 2.24) is 4.98 Å². The number of carbonyl (C=O) groups is 1. The molecule has 114 valence electrons. The van der Waals surface area contributed by atoms with E-state index in [1.165, 1.54) is 21.0 Å². The van der Waals surface area contributed by atoms with Crippen LogP contribution in [0.4, 0.5) is 5.13 Å². The fraction of sp³-hybridized carbons (Fsp3) is 0. The molecule has 0 aliphatic rings. The number of halogens is 1. The number of thiazole rings is 1. The molecule has 3 nitrogen and oxygen atoms in total. The zero-order chi connectivity index (χ0) is 16.1. The molecule has 5 heteroatoms. The minimum atomic E-state index is -0.183. The molecule has 0 aliphatic heterocycles.